The number of esters is 1. The Morgan fingerprint density at radius 1 is 1.18 bits per heavy atom. The third-order valence-corrected chi connectivity index (χ3v) is 7.72. The number of benzene rings is 1. The lowest BCUT2D eigenvalue weighted by Crippen LogP contribution is -2.49. The summed E-state index contributed by atoms with van der Waals surface area (Å²) < 4.78 is 4.95. The Bertz CT molecular complexity index is 1050. The predicted molar refractivity (Wildman–Crippen MR) is 138 cm³/mol. The Morgan fingerprint density at radius 2 is 1.79 bits per heavy atom. The van der Waals surface area contributed by atoms with Crippen LogP contribution in [0.2, 0.25) is 10.0 Å². The largest absolute Gasteiger partial charge is 0.465 e. The van der Waals surface area contributed by atoms with Crippen LogP contribution in [-0.2, 0) is 11.3 Å². The molecule has 1 aliphatic heterocycles. The number of piperazine rings is 1. The average molecular weight is 530 g/mol. The number of thiocarbonyl (C=S) groups is 1. The Labute approximate surface area is 213 Å². The van der Waals surface area contributed by atoms with E-state index >= 15 is 0 Å². The van der Waals surface area contributed by atoms with Crippen molar-refractivity contribution in [1.82, 2.24) is 14.7 Å². The molecule has 11 heteroatoms. The molecule has 1 amide bonds. The Kier molecular flexibility index (Phi) is 8.58. The summed E-state index contributed by atoms with van der Waals surface area (Å²) in [7, 11) is 4.66. The van der Waals surface area contributed by atoms with Crippen LogP contribution in [0, 0.1) is 6.92 Å². The van der Waals surface area contributed by atoms with Crippen molar-refractivity contribution in [2.75, 3.05) is 52.7 Å². The second-order valence-corrected chi connectivity index (χ2v) is 10.1. The fraction of sp³-hybridized carbons (Fsp3) is 0.409. The van der Waals surface area contributed by atoms with E-state index in [0.29, 0.717) is 55.8 Å². The molecule has 0 aliphatic carbocycles. The summed E-state index contributed by atoms with van der Waals surface area (Å²) >= 11 is 19.5. The van der Waals surface area contributed by atoms with Gasteiger partial charge in [-0.25, -0.2) is 4.79 Å². The van der Waals surface area contributed by atoms with E-state index in [1.165, 1.54) is 23.3 Å². The molecule has 2 heterocycles. The minimum absolute atomic E-state index is 0.173. The molecule has 1 aromatic heterocycles. The van der Waals surface area contributed by atoms with Crippen LogP contribution in [0.3, 0.4) is 0 Å². The molecule has 33 heavy (non-hydrogen) atoms. The van der Waals surface area contributed by atoms with Crippen molar-refractivity contribution in [3.8, 4) is 0 Å². The number of nitrogens with zero attached hydrogens (tertiary/aromatic N) is 3. The van der Waals surface area contributed by atoms with Gasteiger partial charge < -0.3 is 19.9 Å². The first kappa shape index (κ1) is 25.7. The van der Waals surface area contributed by atoms with Gasteiger partial charge in [-0.2, -0.15) is 0 Å². The number of nitrogens with one attached hydrogen (secondary N) is 1. The molecular formula is C22H26Cl2N4O3S2. The molecule has 0 radical (unpaired) electrons. The molecule has 7 nitrogen and oxygen atoms in total. The third-order valence-electron chi connectivity index (χ3n) is 5.46. The minimum Gasteiger partial charge on any atom is -0.465 e. The van der Waals surface area contributed by atoms with Crippen molar-refractivity contribution in [3.05, 3.63) is 49.8 Å². The van der Waals surface area contributed by atoms with Gasteiger partial charge in [-0.05, 0) is 36.8 Å². The summed E-state index contributed by atoms with van der Waals surface area (Å²) in [5.41, 5.74) is 1.84. The molecule has 2 aromatic rings. The van der Waals surface area contributed by atoms with Crippen molar-refractivity contribution in [2.24, 2.45) is 0 Å². The van der Waals surface area contributed by atoms with Gasteiger partial charge in [0.25, 0.3) is 5.91 Å². The van der Waals surface area contributed by atoms with Gasteiger partial charge in [0, 0.05) is 62.4 Å². The first-order chi connectivity index (χ1) is 15.6. The Hall–Kier alpha value is -1.91. The molecule has 0 spiro atoms. The van der Waals surface area contributed by atoms with E-state index in [9.17, 15) is 9.59 Å². The van der Waals surface area contributed by atoms with Gasteiger partial charge in [0.05, 0.1) is 17.6 Å². The zero-order valence-electron chi connectivity index (χ0n) is 18.9. The van der Waals surface area contributed by atoms with Gasteiger partial charge in [0.2, 0.25) is 0 Å². The lowest BCUT2D eigenvalue weighted by atomic mass is 10.1. The maximum absolute atomic E-state index is 12.6. The van der Waals surface area contributed by atoms with E-state index in [2.05, 4.69) is 10.2 Å². The van der Waals surface area contributed by atoms with Gasteiger partial charge in [0.1, 0.15) is 5.00 Å². The highest BCUT2D eigenvalue weighted by molar-refractivity contribution is 7.80. The zero-order valence-corrected chi connectivity index (χ0v) is 22.1. The molecule has 1 aliphatic rings. The summed E-state index contributed by atoms with van der Waals surface area (Å²) in [5, 5.41) is 5.51. The number of anilines is 1. The molecule has 0 atom stereocenters. The second-order valence-electron chi connectivity index (χ2n) is 7.85. The Morgan fingerprint density at radius 3 is 2.33 bits per heavy atom. The number of halogens is 2. The highest BCUT2D eigenvalue weighted by Crippen LogP contribution is 2.34. The maximum Gasteiger partial charge on any atom is 0.341 e. The molecule has 1 fully saturated rings. The monoisotopic (exact) mass is 528 g/mol. The van der Waals surface area contributed by atoms with Crippen LogP contribution in [0.5, 0.6) is 0 Å². The molecule has 178 valence electrons. The summed E-state index contributed by atoms with van der Waals surface area (Å²) in [4.78, 5) is 31.3. The fourth-order valence-electron chi connectivity index (χ4n) is 3.55. The van der Waals surface area contributed by atoms with E-state index in [4.69, 9.17) is 40.2 Å². The number of thiophene rings is 1. The highest BCUT2D eigenvalue weighted by atomic mass is 35.5. The summed E-state index contributed by atoms with van der Waals surface area (Å²) in [5.74, 6) is -0.679. The number of hydrogen-bond acceptors (Lipinski definition) is 6. The van der Waals surface area contributed by atoms with Crippen LogP contribution >= 0.6 is 46.8 Å². The molecule has 1 saturated heterocycles. The van der Waals surface area contributed by atoms with Gasteiger partial charge in [-0.1, -0.05) is 29.3 Å². The van der Waals surface area contributed by atoms with Crippen LogP contribution in [0.25, 0.3) is 0 Å². The minimum atomic E-state index is -0.506. The predicted octanol–water partition coefficient (Wildman–Crippen LogP) is 4.37. The van der Waals surface area contributed by atoms with Crippen molar-refractivity contribution in [3.63, 3.8) is 0 Å². The zero-order chi connectivity index (χ0) is 24.3. The van der Waals surface area contributed by atoms with Gasteiger partial charge in [0.15, 0.2) is 5.11 Å². The van der Waals surface area contributed by atoms with Gasteiger partial charge in [-0.3, -0.25) is 9.69 Å². The molecule has 0 unspecified atom stereocenters. The molecule has 1 aromatic carbocycles. The molecule has 3 rings (SSSR count). The lowest BCUT2D eigenvalue weighted by molar-refractivity contribution is 0.0601. The number of carbonyl (C=O) groups is 2. The van der Waals surface area contributed by atoms with Crippen molar-refractivity contribution >= 4 is 68.7 Å². The molecular weight excluding hydrogens is 503 g/mol. The average Bonchev–Trinajstić information content (AvgIpc) is 3.11. The first-order valence-corrected chi connectivity index (χ1v) is 12.3. The van der Waals surface area contributed by atoms with E-state index < -0.39 is 5.97 Å². The first-order valence-electron chi connectivity index (χ1n) is 10.3. The number of amides is 1. The second kappa shape index (κ2) is 11.0. The topological polar surface area (TPSA) is 65.1 Å². The van der Waals surface area contributed by atoms with Crippen LogP contribution in [0.1, 0.15) is 31.2 Å². The number of carbonyl (C=O) groups excluding carboxylic acids is 2. The number of ether oxygens (including phenoxy) is 1. The van der Waals surface area contributed by atoms with Crippen molar-refractivity contribution in [2.45, 2.75) is 13.5 Å². The van der Waals surface area contributed by atoms with E-state index in [1.807, 2.05) is 23.1 Å². The van der Waals surface area contributed by atoms with E-state index in [1.54, 1.807) is 21.0 Å². The maximum atomic E-state index is 12.6. The standard InChI is InChI=1S/C22H26Cl2N4O3S2/c1-13-17(21(30)31-4)19(33-18(13)20(29)26(2)3)25-22(32)28-10-8-27(9-11-28)12-14-15(23)6-5-7-16(14)24/h5-7H,8-12H2,1-4H3,(H,25,32). The Balaban J connectivity index is 1.69. The smallest absolute Gasteiger partial charge is 0.341 e. The molecule has 0 saturated carbocycles. The number of methoxy groups -OCH3 is 1. The summed E-state index contributed by atoms with van der Waals surface area (Å²) in [6, 6.07) is 5.52. The van der Waals surface area contributed by atoms with Gasteiger partial charge in [-0.15, -0.1) is 11.3 Å². The SMILES string of the molecule is COC(=O)c1c(NC(=S)N2CCN(Cc3c(Cl)cccc3Cl)CC2)sc(C(=O)N(C)C)c1C. The van der Waals surface area contributed by atoms with Crippen LogP contribution < -0.4 is 5.32 Å². The number of hydrogen-bond donors (Lipinski definition) is 1. The van der Waals surface area contributed by atoms with Crippen molar-refractivity contribution in [1.29, 1.82) is 0 Å². The third kappa shape index (κ3) is 5.78. The molecule has 0 bridgehead atoms. The van der Waals surface area contributed by atoms with E-state index in [-0.39, 0.29) is 5.91 Å². The van der Waals surface area contributed by atoms with Crippen LogP contribution in [0.4, 0.5) is 5.00 Å². The normalized spacial score (nSPS) is 14.2. The van der Waals surface area contributed by atoms with Crippen molar-refractivity contribution < 1.29 is 14.3 Å². The van der Waals surface area contributed by atoms with Gasteiger partial charge >= 0.3 is 5.97 Å². The van der Waals surface area contributed by atoms with Crippen LogP contribution in [0.15, 0.2) is 18.2 Å². The molecule has 1 N–H and O–H groups in total. The number of rotatable bonds is 5. The van der Waals surface area contributed by atoms with E-state index in [0.717, 1.165) is 18.7 Å². The summed E-state index contributed by atoms with van der Waals surface area (Å²) in [6.07, 6.45) is 0. The van der Waals surface area contributed by atoms with Crippen LogP contribution in [-0.4, -0.2) is 79.1 Å². The quantitative estimate of drug-likeness (QED) is 0.456. The summed E-state index contributed by atoms with van der Waals surface area (Å²) in [6.45, 7) is 5.37. The fourth-order valence-corrected chi connectivity index (χ4v) is 5.63. The lowest BCUT2D eigenvalue weighted by Gasteiger charge is -2.36. The highest BCUT2D eigenvalue weighted by Gasteiger charge is 2.28.